The maximum Gasteiger partial charge on any atom is 0.124 e. The SMILES string of the molecule is CC(C)Oc1ccccc1CNCCS(C)=O. The van der Waals surface area contributed by atoms with E-state index in [0.717, 1.165) is 24.4 Å². The summed E-state index contributed by atoms with van der Waals surface area (Å²) in [4.78, 5) is 0. The summed E-state index contributed by atoms with van der Waals surface area (Å²) >= 11 is 0. The summed E-state index contributed by atoms with van der Waals surface area (Å²) in [5.41, 5.74) is 1.14. The average Bonchev–Trinajstić information content (AvgIpc) is 2.25. The molecule has 0 aliphatic heterocycles. The highest BCUT2D eigenvalue weighted by molar-refractivity contribution is 7.84. The smallest absolute Gasteiger partial charge is 0.124 e. The molecule has 96 valence electrons. The molecule has 0 fully saturated rings. The Balaban J connectivity index is 2.49. The molecule has 0 spiro atoms. The first-order chi connectivity index (χ1) is 8.09. The Morgan fingerprint density at radius 2 is 2.06 bits per heavy atom. The van der Waals surface area contributed by atoms with E-state index in [9.17, 15) is 4.21 Å². The predicted molar refractivity (Wildman–Crippen MR) is 72.8 cm³/mol. The number of hydrogen-bond acceptors (Lipinski definition) is 3. The van der Waals surface area contributed by atoms with Crippen molar-refractivity contribution in [1.82, 2.24) is 5.32 Å². The summed E-state index contributed by atoms with van der Waals surface area (Å²) in [6.45, 7) is 5.55. The van der Waals surface area contributed by atoms with Gasteiger partial charge in [-0.25, -0.2) is 0 Å². The third-order valence-corrected chi connectivity index (χ3v) is 3.00. The van der Waals surface area contributed by atoms with Gasteiger partial charge in [0.1, 0.15) is 5.75 Å². The highest BCUT2D eigenvalue weighted by atomic mass is 32.2. The normalized spacial score (nSPS) is 12.7. The third-order valence-electron chi connectivity index (χ3n) is 2.22. The summed E-state index contributed by atoms with van der Waals surface area (Å²) in [7, 11) is -0.732. The Morgan fingerprint density at radius 3 is 2.71 bits per heavy atom. The van der Waals surface area contributed by atoms with Gasteiger partial charge >= 0.3 is 0 Å². The average molecular weight is 255 g/mol. The van der Waals surface area contributed by atoms with Crippen LogP contribution in [0.4, 0.5) is 0 Å². The molecule has 0 saturated heterocycles. The quantitative estimate of drug-likeness (QED) is 0.757. The van der Waals surface area contributed by atoms with Crippen LogP contribution in [0.3, 0.4) is 0 Å². The molecule has 0 heterocycles. The zero-order valence-corrected chi connectivity index (χ0v) is 11.5. The zero-order chi connectivity index (χ0) is 12.7. The molecule has 0 bridgehead atoms. The second kappa shape index (κ2) is 7.45. The number of para-hydroxylation sites is 1. The van der Waals surface area contributed by atoms with E-state index in [-0.39, 0.29) is 6.10 Å². The number of nitrogens with one attached hydrogen (secondary N) is 1. The molecule has 1 aromatic rings. The molecule has 3 nitrogen and oxygen atoms in total. The van der Waals surface area contributed by atoms with Crippen LogP contribution in [0.2, 0.25) is 0 Å². The molecular weight excluding hydrogens is 234 g/mol. The monoisotopic (exact) mass is 255 g/mol. The second-order valence-electron chi connectivity index (χ2n) is 4.23. The molecule has 17 heavy (non-hydrogen) atoms. The highest BCUT2D eigenvalue weighted by Crippen LogP contribution is 2.18. The summed E-state index contributed by atoms with van der Waals surface area (Å²) in [6.07, 6.45) is 1.90. The van der Waals surface area contributed by atoms with Crippen molar-refractivity contribution in [3.63, 3.8) is 0 Å². The lowest BCUT2D eigenvalue weighted by atomic mass is 10.2. The van der Waals surface area contributed by atoms with Crippen molar-refractivity contribution in [2.24, 2.45) is 0 Å². The van der Waals surface area contributed by atoms with E-state index in [2.05, 4.69) is 5.32 Å². The minimum Gasteiger partial charge on any atom is -0.491 e. The number of hydrogen-bond donors (Lipinski definition) is 1. The first kappa shape index (κ1) is 14.2. The number of ether oxygens (including phenoxy) is 1. The van der Waals surface area contributed by atoms with Gasteiger partial charge in [-0.15, -0.1) is 0 Å². The van der Waals surface area contributed by atoms with Gasteiger partial charge in [0, 0.05) is 41.5 Å². The van der Waals surface area contributed by atoms with Crippen LogP contribution in [-0.2, 0) is 17.3 Å². The molecule has 1 aromatic carbocycles. The van der Waals surface area contributed by atoms with Crippen LogP contribution in [-0.4, -0.2) is 28.9 Å². The van der Waals surface area contributed by atoms with Gasteiger partial charge in [-0.05, 0) is 19.9 Å². The fourth-order valence-electron chi connectivity index (χ4n) is 1.46. The molecule has 0 amide bonds. The van der Waals surface area contributed by atoms with Crippen LogP contribution >= 0.6 is 0 Å². The van der Waals surface area contributed by atoms with E-state index in [1.165, 1.54) is 0 Å². The maximum absolute atomic E-state index is 10.9. The first-order valence-electron chi connectivity index (χ1n) is 5.85. The fourth-order valence-corrected chi connectivity index (χ4v) is 1.89. The third kappa shape index (κ3) is 5.84. The topological polar surface area (TPSA) is 38.3 Å². The van der Waals surface area contributed by atoms with Crippen molar-refractivity contribution in [3.8, 4) is 5.75 Å². The fraction of sp³-hybridized carbons (Fsp3) is 0.538. The van der Waals surface area contributed by atoms with Crippen molar-refractivity contribution in [2.75, 3.05) is 18.6 Å². The van der Waals surface area contributed by atoms with E-state index >= 15 is 0 Å². The highest BCUT2D eigenvalue weighted by Gasteiger charge is 2.04. The van der Waals surface area contributed by atoms with Crippen molar-refractivity contribution >= 4 is 10.8 Å². The number of benzene rings is 1. The summed E-state index contributed by atoms with van der Waals surface area (Å²) in [5, 5.41) is 3.27. The van der Waals surface area contributed by atoms with E-state index in [1.807, 2.05) is 38.1 Å². The lowest BCUT2D eigenvalue weighted by molar-refractivity contribution is 0.239. The molecule has 0 aliphatic rings. The lowest BCUT2D eigenvalue weighted by Crippen LogP contribution is -2.20. The molecule has 1 N–H and O–H groups in total. The molecule has 1 rings (SSSR count). The van der Waals surface area contributed by atoms with Gasteiger partial charge in [-0.1, -0.05) is 18.2 Å². The molecule has 0 radical (unpaired) electrons. The Labute approximate surface area is 106 Å². The van der Waals surface area contributed by atoms with Crippen LogP contribution in [0, 0.1) is 0 Å². The molecular formula is C13H21NO2S. The number of rotatable bonds is 7. The molecule has 1 atom stereocenters. The molecule has 0 aromatic heterocycles. The molecule has 0 aliphatic carbocycles. The molecule has 4 heteroatoms. The first-order valence-corrected chi connectivity index (χ1v) is 7.57. The van der Waals surface area contributed by atoms with Crippen molar-refractivity contribution in [2.45, 2.75) is 26.5 Å². The van der Waals surface area contributed by atoms with Gasteiger partial charge in [0.25, 0.3) is 0 Å². The lowest BCUT2D eigenvalue weighted by Gasteiger charge is -2.14. The Hall–Kier alpha value is -0.870. The Kier molecular flexibility index (Phi) is 6.22. The largest absolute Gasteiger partial charge is 0.491 e. The molecule has 1 unspecified atom stereocenters. The van der Waals surface area contributed by atoms with E-state index in [1.54, 1.807) is 6.26 Å². The van der Waals surface area contributed by atoms with E-state index in [4.69, 9.17) is 4.74 Å². The van der Waals surface area contributed by atoms with Crippen LogP contribution in [0.5, 0.6) is 5.75 Å². The van der Waals surface area contributed by atoms with Crippen molar-refractivity contribution in [1.29, 1.82) is 0 Å². The van der Waals surface area contributed by atoms with Gasteiger partial charge in [0.15, 0.2) is 0 Å². The summed E-state index contributed by atoms with van der Waals surface area (Å²) in [6, 6.07) is 8.01. The maximum atomic E-state index is 10.9. The standard InChI is InChI=1S/C13H21NO2S/c1-11(2)16-13-7-5-4-6-12(13)10-14-8-9-17(3)15/h4-7,11,14H,8-10H2,1-3H3. The van der Waals surface area contributed by atoms with Crippen LogP contribution < -0.4 is 10.1 Å². The minimum absolute atomic E-state index is 0.180. The Morgan fingerprint density at radius 1 is 1.35 bits per heavy atom. The zero-order valence-electron chi connectivity index (χ0n) is 10.7. The van der Waals surface area contributed by atoms with Crippen molar-refractivity contribution < 1.29 is 8.95 Å². The Bertz CT molecular complexity index is 366. The van der Waals surface area contributed by atoms with Crippen molar-refractivity contribution in [3.05, 3.63) is 29.8 Å². The van der Waals surface area contributed by atoms with Gasteiger partial charge in [-0.2, -0.15) is 0 Å². The van der Waals surface area contributed by atoms with Gasteiger partial charge in [0.05, 0.1) is 6.10 Å². The summed E-state index contributed by atoms with van der Waals surface area (Å²) in [5.74, 6) is 1.61. The summed E-state index contributed by atoms with van der Waals surface area (Å²) < 4.78 is 16.6. The van der Waals surface area contributed by atoms with E-state index in [0.29, 0.717) is 5.75 Å². The van der Waals surface area contributed by atoms with Crippen LogP contribution in [0.15, 0.2) is 24.3 Å². The predicted octanol–water partition coefficient (Wildman–Crippen LogP) is 1.94. The molecule has 0 saturated carbocycles. The second-order valence-corrected chi connectivity index (χ2v) is 5.78. The van der Waals surface area contributed by atoms with Crippen LogP contribution in [0.1, 0.15) is 19.4 Å². The van der Waals surface area contributed by atoms with E-state index < -0.39 is 10.8 Å². The van der Waals surface area contributed by atoms with Gasteiger partial charge in [-0.3, -0.25) is 4.21 Å². The minimum atomic E-state index is -0.732. The van der Waals surface area contributed by atoms with Gasteiger partial charge in [0.2, 0.25) is 0 Å². The van der Waals surface area contributed by atoms with Crippen LogP contribution in [0.25, 0.3) is 0 Å². The van der Waals surface area contributed by atoms with Gasteiger partial charge < -0.3 is 10.1 Å².